The van der Waals surface area contributed by atoms with Crippen LogP contribution in [0.4, 0.5) is 11.8 Å². The molecule has 0 aliphatic heterocycles. The number of H-pyrrole nitrogens is 1. The minimum atomic E-state index is 0.265. The third kappa shape index (κ3) is 2.02. The van der Waals surface area contributed by atoms with Crippen LogP contribution in [-0.4, -0.2) is 32.5 Å². The fourth-order valence-electron chi connectivity index (χ4n) is 1.93. The molecule has 0 saturated heterocycles. The first-order chi connectivity index (χ1) is 8.17. The lowest BCUT2D eigenvalue weighted by Crippen LogP contribution is -2.33. The fraction of sp³-hybridized carbons (Fsp3) is 0.545. The molecule has 0 aromatic carbocycles. The summed E-state index contributed by atoms with van der Waals surface area (Å²) in [6.45, 7) is 7.30. The lowest BCUT2D eigenvalue weighted by molar-refractivity contribution is 0.625. The van der Waals surface area contributed by atoms with Crippen molar-refractivity contribution in [1.29, 1.82) is 0 Å². The molecule has 0 fully saturated rings. The zero-order valence-electron chi connectivity index (χ0n) is 10.4. The van der Waals surface area contributed by atoms with Gasteiger partial charge in [0.05, 0.1) is 6.33 Å². The van der Waals surface area contributed by atoms with Crippen LogP contribution in [0.3, 0.4) is 0 Å². The van der Waals surface area contributed by atoms with Crippen molar-refractivity contribution in [1.82, 2.24) is 19.9 Å². The number of aromatic nitrogens is 4. The van der Waals surface area contributed by atoms with Crippen LogP contribution in [0.1, 0.15) is 27.2 Å². The van der Waals surface area contributed by atoms with E-state index in [0.29, 0.717) is 11.7 Å². The SMILES string of the molecule is CCC(C)N(CC)c1nc(N)nc2nc[nH]c12. The number of hydrogen-bond acceptors (Lipinski definition) is 5. The van der Waals surface area contributed by atoms with E-state index in [1.54, 1.807) is 6.33 Å². The predicted octanol–water partition coefficient (Wildman–Crippen LogP) is 1.56. The summed E-state index contributed by atoms with van der Waals surface area (Å²) in [5.74, 6) is 1.10. The summed E-state index contributed by atoms with van der Waals surface area (Å²) in [6, 6.07) is 0.404. The van der Waals surface area contributed by atoms with Crippen LogP contribution in [0.5, 0.6) is 0 Å². The number of anilines is 2. The van der Waals surface area contributed by atoms with Crippen molar-refractivity contribution < 1.29 is 0 Å². The minimum Gasteiger partial charge on any atom is -0.368 e. The Morgan fingerprint density at radius 2 is 2.18 bits per heavy atom. The van der Waals surface area contributed by atoms with E-state index in [0.717, 1.165) is 24.3 Å². The zero-order chi connectivity index (χ0) is 12.4. The summed E-state index contributed by atoms with van der Waals surface area (Å²) in [7, 11) is 0. The Labute approximate surface area is 100 Å². The third-order valence-electron chi connectivity index (χ3n) is 3.02. The lowest BCUT2D eigenvalue weighted by Gasteiger charge is -2.28. The quantitative estimate of drug-likeness (QED) is 0.838. The average molecular weight is 234 g/mol. The van der Waals surface area contributed by atoms with Crippen LogP contribution in [0.2, 0.25) is 0 Å². The molecule has 0 amide bonds. The second-order valence-electron chi connectivity index (χ2n) is 4.05. The molecule has 6 heteroatoms. The van der Waals surface area contributed by atoms with Crippen molar-refractivity contribution in [2.24, 2.45) is 0 Å². The van der Waals surface area contributed by atoms with Gasteiger partial charge in [-0.1, -0.05) is 6.92 Å². The molecule has 3 N–H and O–H groups in total. The summed E-state index contributed by atoms with van der Waals surface area (Å²) < 4.78 is 0. The molecule has 17 heavy (non-hydrogen) atoms. The van der Waals surface area contributed by atoms with Gasteiger partial charge in [-0.15, -0.1) is 0 Å². The predicted molar refractivity (Wildman–Crippen MR) is 68.9 cm³/mol. The van der Waals surface area contributed by atoms with Gasteiger partial charge in [0.15, 0.2) is 11.5 Å². The number of nitrogens with zero attached hydrogens (tertiary/aromatic N) is 4. The maximum absolute atomic E-state index is 5.72. The molecule has 0 bridgehead atoms. The molecule has 1 unspecified atom stereocenters. The van der Waals surface area contributed by atoms with Crippen molar-refractivity contribution in [2.75, 3.05) is 17.2 Å². The lowest BCUT2D eigenvalue weighted by atomic mass is 10.2. The van der Waals surface area contributed by atoms with E-state index >= 15 is 0 Å². The van der Waals surface area contributed by atoms with E-state index in [2.05, 4.69) is 45.6 Å². The topological polar surface area (TPSA) is 83.7 Å². The second-order valence-corrected chi connectivity index (χ2v) is 4.05. The summed E-state index contributed by atoms with van der Waals surface area (Å²) in [6.07, 6.45) is 2.67. The first kappa shape index (κ1) is 11.6. The summed E-state index contributed by atoms with van der Waals surface area (Å²) in [4.78, 5) is 17.8. The van der Waals surface area contributed by atoms with E-state index in [-0.39, 0.29) is 5.95 Å². The van der Waals surface area contributed by atoms with E-state index in [1.165, 1.54) is 0 Å². The summed E-state index contributed by atoms with van der Waals surface area (Å²) in [5.41, 5.74) is 7.18. The highest BCUT2D eigenvalue weighted by Gasteiger charge is 2.18. The fourth-order valence-corrected chi connectivity index (χ4v) is 1.93. The molecule has 0 aliphatic rings. The van der Waals surface area contributed by atoms with Gasteiger partial charge >= 0.3 is 0 Å². The number of nitrogen functional groups attached to an aromatic ring is 1. The van der Waals surface area contributed by atoms with Crippen LogP contribution in [0.15, 0.2) is 6.33 Å². The van der Waals surface area contributed by atoms with Gasteiger partial charge in [0, 0.05) is 12.6 Å². The number of nitrogens with two attached hydrogens (primary N) is 1. The van der Waals surface area contributed by atoms with Crippen molar-refractivity contribution in [2.45, 2.75) is 33.2 Å². The smallest absolute Gasteiger partial charge is 0.224 e. The third-order valence-corrected chi connectivity index (χ3v) is 3.02. The Kier molecular flexibility index (Phi) is 3.12. The van der Waals surface area contributed by atoms with Crippen LogP contribution in [0.25, 0.3) is 11.2 Å². The Hall–Kier alpha value is -1.85. The first-order valence-electron chi connectivity index (χ1n) is 5.90. The Balaban J connectivity index is 2.55. The molecular weight excluding hydrogens is 216 g/mol. The summed E-state index contributed by atoms with van der Waals surface area (Å²) in [5, 5.41) is 0. The van der Waals surface area contributed by atoms with Crippen LogP contribution < -0.4 is 10.6 Å². The molecule has 1 atom stereocenters. The molecule has 2 rings (SSSR count). The molecule has 0 spiro atoms. The number of aromatic amines is 1. The van der Waals surface area contributed by atoms with Crippen molar-refractivity contribution in [3.63, 3.8) is 0 Å². The number of hydrogen-bond donors (Lipinski definition) is 2. The van der Waals surface area contributed by atoms with Crippen LogP contribution >= 0.6 is 0 Å². The minimum absolute atomic E-state index is 0.265. The van der Waals surface area contributed by atoms with E-state index < -0.39 is 0 Å². The van der Waals surface area contributed by atoms with Gasteiger partial charge in [-0.25, -0.2) is 4.98 Å². The monoisotopic (exact) mass is 234 g/mol. The number of imidazole rings is 1. The van der Waals surface area contributed by atoms with E-state index in [1.807, 2.05) is 0 Å². The van der Waals surface area contributed by atoms with Gasteiger partial charge in [-0.2, -0.15) is 9.97 Å². The maximum Gasteiger partial charge on any atom is 0.224 e. The highest BCUT2D eigenvalue weighted by atomic mass is 15.2. The van der Waals surface area contributed by atoms with Gasteiger partial charge in [0.25, 0.3) is 0 Å². The molecule has 92 valence electrons. The normalized spacial score (nSPS) is 12.9. The van der Waals surface area contributed by atoms with Gasteiger partial charge < -0.3 is 15.6 Å². The highest BCUT2D eigenvalue weighted by Crippen LogP contribution is 2.24. The highest BCUT2D eigenvalue weighted by molar-refractivity contribution is 5.84. The number of fused-ring (bicyclic) bond motifs is 1. The molecule has 0 aliphatic carbocycles. The number of nitrogens with one attached hydrogen (secondary N) is 1. The van der Waals surface area contributed by atoms with Crippen molar-refractivity contribution in [3.05, 3.63) is 6.33 Å². The van der Waals surface area contributed by atoms with E-state index in [9.17, 15) is 0 Å². The number of rotatable bonds is 4. The van der Waals surface area contributed by atoms with Crippen molar-refractivity contribution in [3.8, 4) is 0 Å². The molecule has 2 aromatic heterocycles. The largest absolute Gasteiger partial charge is 0.368 e. The van der Waals surface area contributed by atoms with E-state index in [4.69, 9.17) is 5.73 Å². The van der Waals surface area contributed by atoms with Gasteiger partial charge in [0.1, 0.15) is 5.52 Å². The van der Waals surface area contributed by atoms with Gasteiger partial charge in [-0.05, 0) is 20.3 Å². The van der Waals surface area contributed by atoms with Gasteiger partial charge in [0.2, 0.25) is 5.95 Å². The molecule has 2 heterocycles. The van der Waals surface area contributed by atoms with Crippen molar-refractivity contribution >= 4 is 22.9 Å². The molecule has 0 radical (unpaired) electrons. The average Bonchev–Trinajstić information content (AvgIpc) is 2.77. The molecule has 6 nitrogen and oxygen atoms in total. The molecular formula is C11H18N6. The molecule has 2 aromatic rings. The zero-order valence-corrected chi connectivity index (χ0v) is 10.4. The van der Waals surface area contributed by atoms with Gasteiger partial charge in [-0.3, -0.25) is 0 Å². The maximum atomic E-state index is 5.72. The Morgan fingerprint density at radius 1 is 1.41 bits per heavy atom. The standard InChI is InChI=1S/C11H18N6/c1-4-7(3)17(5-2)10-8-9(14-6-13-8)15-11(12)16-10/h6-7H,4-5H2,1-3H3,(H3,12,13,14,15,16). The first-order valence-corrected chi connectivity index (χ1v) is 5.90. The molecule has 0 saturated carbocycles. The Morgan fingerprint density at radius 3 is 2.82 bits per heavy atom. The van der Waals surface area contributed by atoms with Crippen LogP contribution in [0, 0.1) is 0 Å². The second kappa shape index (κ2) is 4.57. The van der Waals surface area contributed by atoms with Crippen LogP contribution in [-0.2, 0) is 0 Å². The Bertz CT molecular complexity index is 506. The summed E-state index contributed by atoms with van der Waals surface area (Å²) >= 11 is 0.